The predicted molar refractivity (Wildman–Crippen MR) is 119 cm³/mol. The van der Waals surface area contributed by atoms with Gasteiger partial charge in [0.25, 0.3) is 0 Å². The minimum atomic E-state index is -1.09. The number of aromatic carboxylic acids is 1. The third kappa shape index (κ3) is 6.10. The summed E-state index contributed by atoms with van der Waals surface area (Å²) in [6, 6.07) is 18.0. The summed E-state index contributed by atoms with van der Waals surface area (Å²) in [7, 11) is 1.66. The molecule has 0 aliphatic rings. The van der Waals surface area contributed by atoms with Gasteiger partial charge in [0, 0.05) is 7.05 Å². The van der Waals surface area contributed by atoms with Crippen molar-refractivity contribution in [3.63, 3.8) is 0 Å². The van der Waals surface area contributed by atoms with Gasteiger partial charge >= 0.3 is 12.1 Å². The summed E-state index contributed by atoms with van der Waals surface area (Å²) in [5.74, 6) is -0.514. The van der Waals surface area contributed by atoms with Gasteiger partial charge in [-0.25, -0.2) is 9.59 Å². The summed E-state index contributed by atoms with van der Waals surface area (Å²) >= 11 is 0. The molecule has 2 aromatic carbocycles. The fraction of sp³-hybridized carbons (Fsp3) is 0.292. The molecule has 8 heteroatoms. The summed E-state index contributed by atoms with van der Waals surface area (Å²) < 4.78 is 12.8. The van der Waals surface area contributed by atoms with Gasteiger partial charge in [0.2, 0.25) is 0 Å². The third-order valence-electron chi connectivity index (χ3n) is 4.57. The normalized spacial score (nSPS) is 12.1. The van der Waals surface area contributed by atoms with Crippen LogP contribution in [0.15, 0.2) is 60.7 Å². The average Bonchev–Trinajstić information content (AvgIpc) is 3.11. The number of carboxylic acids is 1. The fourth-order valence-corrected chi connectivity index (χ4v) is 3.12. The van der Waals surface area contributed by atoms with E-state index >= 15 is 0 Å². The number of carboxylic acid groups (broad SMARTS) is 1. The van der Waals surface area contributed by atoms with Gasteiger partial charge in [0.05, 0.1) is 11.7 Å². The molecule has 1 unspecified atom stereocenters. The Morgan fingerprint density at radius 1 is 1.06 bits per heavy atom. The van der Waals surface area contributed by atoms with Gasteiger partial charge in [-0.2, -0.15) is 5.10 Å². The quantitative estimate of drug-likeness (QED) is 0.571. The van der Waals surface area contributed by atoms with E-state index in [1.165, 1.54) is 10.7 Å². The van der Waals surface area contributed by atoms with E-state index in [0.717, 1.165) is 11.1 Å². The molecule has 0 aliphatic heterocycles. The first-order valence-electron chi connectivity index (χ1n) is 10.2. The molecule has 0 fully saturated rings. The molecular formula is C24H27N3O5. The molecule has 0 aliphatic carbocycles. The van der Waals surface area contributed by atoms with Crippen molar-refractivity contribution in [3.8, 4) is 5.75 Å². The van der Waals surface area contributed by atoms with Crippen LogP contribution in [0.5, 0.6) is 5.75 Å². The first kappa shape index (κ1) is 22.9. The third-order valence-corrected chi connectivity index (χ3v) is 4.57. The second-order valence-corrected chi connectivity index (χ2v) is 8.30. The highest BCUT2D eigenvalue weighted by atomic mass is 16.6. The first-order valence-corrected chi connectivity index (χ1v) is 10.2. The summed E-state index contributed by atoms with van der Waals surface area (Å²) in [5.41, 5.74) is 1.68. The number of nitrogens with zero attached hydrogens (tertiary/aromatic N) is 2. The number of benzene rings is 2. The van der Waals surface area contributed by atoms with E-state index in [4.69, 9.17) is 14.6 Å². The Labute approximate surface area is 186 Å². The number of rotatable bonds is 7. The molecule has 1 aromatic heterocycles. The van der Waals surface area contributed by atoms with Crippen molar-refractivity contribution in [2.45, 2.75) is 39.0 Å². The number of hydrogen-bond acceptors (Lipinski definition) is 5. The minimum Gasteiger partial charge on any atom is -0.487 e. The topological polar surface area (TPSA) is 103 Å². The summed E-state index contributed by atoms with van der Waals surface area (Å²) in [4.78, 5) is 23.6. The molecule has 1 heterocycles. The molecule has 8 nitrogen and oxygen atoms in total. The van der Waals surface area contributed by atoms with Crippen LogP contribution in [0.2, 0.25) is 0 Å². The van der Waals surface area contributed by atoms with Crippen LogP contribution in [0.1, 0.15) is 54.1 Å². The highest BCUT2D eigenvalue weighted by Crippen LogP contribution is 2.26. The second kappa shape index (κ2) is 9.55. The Balaban J connectivity index is 1.81. The fourth-order valence-electron chi connectivity index (χ4n) is 3.12. The van der Waals surface area contributed by atoms with Crippen LogP contribution in [-0.4, -0.2) is 32.6 Å². The van der Waals surface area contributed by atoms with Crippen LogP contribution >= 0.6 is 0 Å². The van der Waals surface area contributed by atoms with Crippen molar-refractivity contribution in [3.05, 3.63) is 83.2 Å². The number of hydrogen-bond donors (Lipinski definition) is 2. The zero-order valence-corrected chi connectivity index (χ0v) is 18.5. The number of nitrogens with one attached hydrogen (secondary N) is 1. The monoisotopic (exact) mass is 437 g/mol. The lowest BCUT2D eigenvalue weighted by Gasteiger charge is -2.24. The van der Waals surface area contributed by atoms with Crippen LogP contribution in [0.3, 0.4) is 0 Å². The SMILES string of the molecule is Cn1nc(C(=O)O)cc1COc1cccc(C(NC(=O)OC(C)(C)C)c2ccccc2)c1. The van der Waals surface area contributed by atoms with Crippen LogP contribution in [0.4, 0.5) is 4.79 Å². The van der Waals surface area contributed by atoms with Gasteiger partial charge in [-0.05, 0) is 50.1 Å². The molecule has 2 N–H and O–H groups in total. The summed E-state index contributed by atoms with van der Waals surface area (Å²) in [5, 5.41) is 16.0. The molecule has 3 rings (SSSR count). The number of ether oxygens (including phenoxy) is 2. The highest BCUT2D eigenvalue weighted by molar-refractivity contribution is 5.85. The number of alkyl carbamates (subject to hydrolysis) is 1. The molecular weight excluding hydrogens is 410 g/mol. The molecule has 3 aromatic rings. The summed E-state index contributed by atoms with van der Waals surface area (Å²) in [6.07, 6.45) is -0.520. The minimum absolute atomic E-state index is 0.0365. The van der Waals surface area contributed by atoms with E-state index in [2.05, 4.69) is 10.4 Å². The largest absolute Gasteiger partial charge is 0.487 e. The Hall–Kier alpha value is -3.81. The van der Waals surface area contributed by atoms with E-state index in [1.54, 1.807) is 13.1 Å². The average molecular weight is 437 g/mol. The van der Waals surface area contributed by atoms with Crippen molar-refractivity contribution < 1.29 is 24.2 Å². The van der Waals surface area contributed by atoms with Gasteiger partial charge in [0.15, 0.2) is 5.69 Å². The van der Waals surface area contributed by atoms with E-state index in [9.17, 15) is 9.59 Å². The number of aromatic nitrogens is 2. The van der Waals surface area contributed by atoms with Crippen LogP contribution in [0, 0.1) is 0 Å². The van der Waals surface area contributed by atoms with Gasteiger partial charge in [0.1, 0.15) is 18.0 Å². The van der Waals surface area contributed by atoms with Crippen molar-refractivity contribution in [2.75, 3.05) is 0 Å². The van der Waals surface area contributed by atoms with E-state index in [0.29, 0.717) is 11.4 Å². The van der Waals surface area contributed by atoms with Crippen LogP contribution < -0.4 is 10.1 Å². The zero-order valence-electron chi connectivity index (χ0n) is 18.5. The van der Waals surface area contributed by atoms with Crippen molar-refractivity contribution >= 4 is 12.1 Å². The first-order chi connectivity index (χ1) is 15.1. The summed E-state index contributed by atoms with van der Waals surface area (Å²) in [6.45, 7) is 5.59. The highest BCUT2D eigenvalue weighted by Gasteiger charge is 2.22. The van der Waals surface area contributed by atoms with Crippen molar-refractivity contribution in [1.29, 1.82) is 0 Å². The van der Waals surface area contributed by atoms with Crippen molar-refractivity contribution in [1.82, 2.24) is 15.1 Å². The predicted octanol–water partition coefficient (Wildman–Crippen LogP) is 4.31. The van der Waals surface area contributed by atoms with Gasteiger partial charge in [-0.3, -0.25) is 4.68 Å². The lowest BCUT2D eigenvalue weighted by atomic mass is 9.98. The van der Waals surface area contributed by atoms with Gasteiger partial charge in [-0.1, -0.05) is 42.5 Å². The molecule has 0 bridgehead atoms. The number of carbonyl (C=O) groups is 2. The maximum Gasteiger partial charge on any atom is 0.408 e. The molecule has 0 radical (unpaired) electrons. The molecule has 0 saturated carbocycles. The standard InChI is InChI=1S/C24H27N3O5/c1-24(2,3)32-23(30)25-21(16-9-6-5-7-10-16)17-11-8-12-19(13-17)31-15-18-14-20(22(28)29)26-27(18)4/h5-14,21H,15H2,1-4H3,(H,25,30)(H,28,29). The molecule has 32 heavy (non-hydrogen) atoms. The molecule has 0 saturated heterocycles. The maximum absolute atomic E-state index is 12.5. The van der Waals surface area contributed by atoms with E-state index in [1.807, 2.05) is 69.3 Å². The van der Waals surface area contributed by atoms with Gasteiger partial charge < -0.3 is 19.9 Å². The van der Waals surface area contributed by atoms with Gasteiger partial charge in [-0.15, -0.1) is 0 Å². The Morgan fingerprint density at radius 3 is 2.38 bits per heavy atom. The molecule has 168 valence electrons. The lowest BCUT2D eigenvalue weighted by Crippen LogP contribution is -2.35. The molecule has 1 amide bonds. The maximum atomic E-state index is 12.5. The number of aryl methyl sites for hydroxylation is 1. The van der Waals surface area contributed by atoms with E-state index < -0.39 is 23.7 Å². The van der Waals surface area contributed by atoms with Crippen LogP contribution in [0.25, 0.3) is 0 Å². The smallest absolute Gasteiger partial charge is 0.408 e. The zero-order chi connectivity index (χ0) is 23.3. The Kier molecular flexibility index (Phi) is 6.82. The van der Waals surface area contributed by atoms with Crippen molar-refractivity contribution in [2.24, 2.45) is 7.05 Å². The number of carbonyl (C=O) groups excluding carboxylic acids is 1. The number of amides is 1. The molecule has 1 atom stereocenters. The Bertz CT molecular complexity index is 1090. The Morgan fingerprint density at radius 2 is 1.75 bits per heavy atom. The second-order valence-electron chi connectivity index (χ2n) is 8.30. The molecule has 0 spiro atoms. The lowest BCUT2D eigenvalue weighted by molar-refractivity contribution is 0.0511. The van der Waals surface area contributed by atoms with E-state index in [-0.39, 0.29) is 12.3 Å². The van der Waals surface area contributed by atoms with Crippen LogP contribution in [-0.2, 0) is 18.4 Å².